The van der Waals surface area contributed by atoms with Gasteiger partial charge in [-0.15, -0.1) is 0 Å². The molecule has 1 atom stereocenters. The first-order chi connectivity index (χ1) is 9.89. The number of rotatable bonds is 5. The van der Waals surface area contributed by atoms with Crippen LogP contribution in [0.3, 0.4) is 0 Å². The van der Waals surface area contributed by atoms with Crippen LogP contribution in [-0.2, 0) is 4.79 Å². The van der Waals surface area contributed by atoms with E-state index in [9.17, 15) is 4.79 Å². The standard InChI is InChI=1S/C15H25N5O/c1-5-17-12-11(10(2)3)13(19-9-18-12)20-7-6-15(4,8-20)14(16)21/h9-10H,5-8H2,1-4H3,(H2,16,21)(H,17,18,19). The quantitative estimate of drug-likeness (QED) is 0.863. The van der Waals surface area contributed by atoms with Crippen LogP contribution in [0.2, 0.25) is 0 Å². The van der Waals surface area contributed by atoms with Gasteiger partial charge in [-0.3, -0.25) is 4.79 Å². The number of nitrogens with one attached hydrogen (secondary N) is 1. The molecule has 116 valence electrons. The summed E-state index contributed by atoms with van der Waals surface area (Å²) in [6.07, 6.45) is 2.35. The summed E-state index contributed by atoms with van der Waals surface area (Å²) in [6.45, 7) is 10.5. The summed E-state index contributed by atoms with van der Waals surface area (Å²) in [5.74, 6) is 1.86. The largest absolute Gasteiger partial charge is 0.370 e. The van der Waals surface area contributed by atoms with Gasteiger partial charge in [0, 0.05) is 25.2 Å². The second-order valence-electron chi connectivity index (χ2n) is 6.24. The van der Waals surface area contributed by atoms with Crippen LogP contribution in [-0.4, -0.2) is 35.5 Å². The summed E-state index contributed by atoms with van der Waals surface area (Å²) in [5, 5.41) is 3.30. The number of nitrogens with zero attached hydrogens (tertiary/aromatic N) is 3. The molecule has 21 heavy (non-hydrogen) atoms. The first-order valence-corrected chi connectivity index (χ1v) is 7.52. The zero-order valence-corrected chi connectivity index (χ0v) is 13.3. The molecule has 1 aliphatic heterocycles. The number of primary amides is 1. The fourth-order valence-electron chi connectivity index (χ4n) is 2.82. The van der Waals surface area contributed by atoms with E-state index in [1.54, 1.807) is 6.33 Å². The Kier molecular flexibility index (Phi) is 4.34. The Balaban J connectivity index is 2.36. The van der Waals surface area contributed by atoms with E-state index >= 15 is 0 Å². The second kappa shape index (κ2) is 5.87. The minimum absolute atomic E-state index is 0.239. The van der Waals surface area contributed by atoms with Crippen LogP contribution in [0, 0.1) is 5.41 Å². The molecule has 0 aliphatic carbocycles. The Morgan fingerprint density at radius 2 is 2.24 bits per heavy atom. The molecule has 0 bridgehead atoms. The Morgan fingerprint density at radius 3 is 2.76 bits per heavy atom. The Morgan fingerprint density at radius 1 is 1.52 bits per heavy atom. The first-order valence-electron chi connectivity index (χ1n) is 7.52. The number of carbonyl (C=O) groups excluding carboxylic acids is 1. The van der Waals surface area contributed by atoms with Gasteiger partial charge >= 0.3 is 0 Å². The molecule has 1 aromatic rings. The highest BCUT2D eigenvalue weighted by Crippen LogP contribution is 2.37. The lowest BCUT2D eigenvalue weighted by Gasteiger charge is -2.25. The average Bonchev–Trinajstić information content (AvgIpc) is 2.82. The molecule has 6 heteroatoms. The zero-order valence-electron chi connectivity index (χ0n) is 13.3. The lowest BCUT2D eigenvalue weighted by atomic mass is 9.89. The monoisotopic (exact) mass is 291 g/mol. The molecule has 0 spiro atoms. The van der Waals surface area contributed by atoms with Crippen molar-refractivity contribution in [3.05, 3.63) is 11.9 Å². The minimum Gasteiger partial charge on any atom is -0.370 e. The summed E-state index contributed by atoms with van der Waals surface area (Å²) >= 11 is 0. The van der Waals surface area contributed by atoms with Crippen molar-refractivity contribution in [2.24, 2.45) is 11.1 Å². The molecular weight excluding hydrogens is 266 g/mol. The van der Waals surface area contributed by atoms with E-state index in [4.69, 9.17) is 5.73 Å². The van der Waals surface area contributed by atoms with Gasteiger partial charge < -0.3 is 16.0 Å². The topological polar surface area (TPSA) is 84.1 Å². The van der Waals surface area contributed by atoms with Crippen molar-refractivity contribution in [2.45, 2.75) is 40.0 Å². The maximum atomic E-state index is 11.6. The number of amides is 1. The van der Waals surface area contributed by atoms with Gasteiger partial charge in [0.2, 0.25) is 5.91 Å². The lowest BCUT2D eigenvalue weighted by molar-refractivity contribution is -0.125. The van der Waals surface area contributed by atoms with Crippen LogP contribution in [0.1, 0.15) is 45.6 Å². The third kappa shape index (κ3) is 2.94. The highest BCUT2D eigenvalue weighted by atomic mass is 16.1. The van der Waals surface area contributed by atoms with E-state index in [1.165, 1.54) is 0 Å². The van der Waals surface area contributed by atoms with Gasteiger partial charge in [0.25, 0.3) is 0 Å². The summed E-state index contributed by atoms with van der Waals surface area (Å²) in [5.41, 5.74) is 6.17. The smallest absolute Gasteiger partial charge is 0.225 e. The van der Waals surface area contributed by atoms with Crippen LogP contribution in [0.25, 0.3) is 0 Å². The Bertz CT molecular complexity index is 531. The van der Waals surface area contributed by atoms with E-state index in [-0.39, 0.29) is 5.91 Å². The fourth-order valence-corrected chi connectivity index (χ4v) is 2.82. The maximum Gasteiger partial charge on any atom is 0.225 e. The molecule has 1 fully saturated rings. The molecule has 2 heterocycles. The van der Waals surface area contributed by atoms with Crippen LogP contribution >= 0.6 is 0 Å². The number of hydrogen-bond acceptors (Lipinski definition) is 5. The molecule has 1 saturated heterocycles. The summed E-state index contributed by atoms with van der Waals surface area (Å²) < 4.78 is 0. The molecule has 3 N–H and O–H groups in total. The third-order valence-electron chi connectivity index (χ3n) is 4.15. The summed E-state index contributed by atoms with van der Waals surface area (Å²) in [4.78, 5) is 22.6. The first kappa shape index (κ1) is 15.5. The van der Waals surface area contributed by atoms with Gasteiger partial charge in [-0.05, 0) is 26.2 Å². The van der Waals surface area contributed by atoms with Crippen molar-refractivity contribution in [3.63, 3.8) is 0 Å². The van der Waals surface area contributed by atoms with Crippen LogP contribution in [0.4, 0.5) is 11.6 Å². The normalized spacial score (nSPS) is 21.9. The number of hydrogen-bond donors (Lipinski definition) is 2. The number of nitrogens with two attached hydrogens (primary N) is 1. The molecule has 2 rings (SSSR count). The number of carbonyl (C=O) groups is 1. The molecule has 1 aromatic heterocycles. The van der Waals surface area contributed by atoms with E-state index in [2.05, 4.69) is 34.0 Å². The predicted octanol–water partition coefficient (Wildman–Crippen LogP) is 1.73. The van der Waals surface area contributed by atoms with Crippen LogP contribution in [0.5, 0.6) is 0 Å². The molecule has 0 saturated carbocycles. The molecule has 0 aromatic carbocycles. The van der Waals surface area contributed by atoms with E-state index in [1.807, 2.05) is 13.8 Å². The number of anilines is 2. The molecular formula is C15H25N5O. The summed E-state index contributed by atoms with van der Waals surface area (Å²) in [6, 6.07) is 0. The highest BCUT2D eigenvalue weighted by molar-refractivity contribution is 5.82. The van der Waals surface area contributed by atoms with Gasteiger partial charge in [-0.1, -0.05) is 13.8 Å². The molecule has 0 radical (unpaired) electrons. The molecule has 1 aliphatic rings. The van der Waals surface area contributed by atoms with Gasteiger partial charge in [0.1, 0.15) is 18.0 Å². The lowest BCUT2D eigenvalue weighted by Crippen LogP contribution is -2.37. The molecule has 6 nitrogen and oxygen atoms in total. The number of aromatic nitrogens is 2. The van der Waals surface area contributed by atoms with Crippen molar-refractivity contribution >= 4 is 17.5 Å². The van der Waals surface area contributed by atoms with Crippen molar-refractivity contribution in [1.29, 1.82) is 0 Å². The summed E-state index contributed by atoms with van der Waals surface area (Å²) in [7, 11) is 0. The average molecular weight is 291 g/mol. The van der Waals surface area contributed by atoms with Gasteiger partial charge in [0.15, 0.2) is 0 Å². The van der Waals surface area contributed by atoms with E-state index < -0.39 is 5.41 Å². The zero-order chi connectivity index (χ0) is 15.6. The maximum absolute atomic E-state index is 11.6. The Labute approximate surface area is 126 Å². The third-order valence-corrected chi connectivity index (χ3v) is 4.15. The van der Waals surface area contributed by atoms with Crippen molar-refractivity contribution in [1.82, 2.24) is 9.97 Å². The minimum atomic E-state index is -0.475. The van der Waals surface area contributed by atoms with E-state index in [0.717, 1.165) is 36.7 Å². The molecule has 1 unspecified atom stereocenters. The molecule has 1 amide bonds. The van der Waals surface area contributed by atoms with Crippen molar-refractivity contribution < 1.29 is 4.79 Å². The second-order valence-corrected chi connectivity index (χ2v) is 6.24. The van der Waals surface area contributed by atoms with Crippen molar-refractivity contribution in [2.75, 3.05) is 29.9 Å². The SMILES string of the molecule is CCNc1ncnc(N2CCC(C)(C(N)=O)C2)c1C(C)C. The fraction of sp³-hybridized carbons (Fsp3) is 0.667. The highest BCUT2D eigenvalue weighted by Gasteiger charge is 2.40. The van der Waals surface area contributed by atoms with Gasteiger partial charge in [-0.2, -0.15) is 0 Å². The van der Waals surface area contributed by atoms with Crippen LogP contribution in [0.15, 0.2) is 6.33 Å². The van der Waals surface area contributed by atoms with Gasteiger partial charge in [-0.25, -0.2) is 9.97 Å². The van der Waals surface area contributed by atoms with Crippen molar-refractivity contribution in [3.8, 4) is 0 Å². The predicted molar refractivity (Wildman–Crippen MR) is 84.4 cm³/mol. The van der Waals surface area contributed by atoms with Gasteiger partial charge in [0.05, 0.1) is 5.41 Å². The van der Waals surface area contributed by atoms with E-state index in [0.29, 0.717) is 12.5 Å². The Hall–Kier alpha value is -1.85. The van der Waals surface area contributed by atoms with Crippen LogP contribution < -0.4 is 16.0 Å².